The van der Waals surface area contributed by atoms with Gasteiger partial charge in [-0.15, -0.1) is 0 Å². The molecule has 5 nitrogen and oxygen atoms in total. The second kappa shape index (κ2) is 5.40. The van der Waals surface area contributed by atoms with Crippen LogP contribution in [0.2, 0.25) is 10.2 Å². The molecule has 1 aromatic carbocycles. The molecule has 21 heavy (non-hydrogen) atoms. The standard InChI is InChI=1S/C12H6BrCl2FN4O/c1-5-10(15)19-12-17-4-18-20(12)11(5)21-9-3-8(16)7(14)2-6(9)13/h2-4H,1H3. The van der Waals surface area contributed by atoms with Crippen LogP contribution >= 0.6 is 39.1 Å². The maximum absolute atomic E-state index is 13.6. The highest BCUT2D eigenvalue weighted by Crippen LogP contribution is 2.35. The second-order valence-electron chi connectivity index (χ2n) is 4.10. The van der Waals surface area contributed by atoms with Crippen molar-refractivity contribution in [3.63, 3.8) is 0 Å². The van der Waals surface area contributed by atoms with Crippen LogP contribution in [-0.4, -0.2) is 19.6 Å². The summed E-state index contributed by atoms with van der Waals surface area (Å²) in [6.07, 6.45) is 1.32. The maximum Gasteiger partial charge on any atom is 0.256 e. The summed E-state index contributed by atoms with van der Waals surface area (Å²) in [7, 11) is 0. The molecule has 0 saturated carbocycles. The number of hydrogen-bond donors (Lipinski definition) is 0. The Kier molecular flexibility index (Phi) is 3.73. The summed E-state index contributed by atoms with van der Waals surface area (Å²) in [4.78, 5) is 8.01. The molecule has 0 amide bonds. The van der Waals surface area contributed by atoms with Gasteiger partial charge in [0, 0.05) is 11.6 Å². The fourth-order valence-electron chi connectivity index (χ4n) is 1.68. The van der Waals surface area contributed by atoms with E-state index in [1.807, 2.05) is 0 Å². The number of halogens is 4. The molecule has 0 atom stereocenters. The maximum atomic E-state index is 13.6. The Morgan fingerprint density at radius 3 is 2.86 bits per heavy atom. The van der Waals surface area contributed by atoms with Crippen molar-refractivity contribution in [1.29, 1.82) is 0 Å². The summed E-state index contributed by atoms with van der Waals surface area (Å²) in [6.45, 7) is 1.71. The van der Waals surface area contributed by atoms with E-state index in [2.05, 4.69) is 31.0 Å². The number of nitrogens with zero attached hydrogens (tertiary/aromatic N) is 4. The first-order chi connectivity index (χ1) is 9.97. The Balaban J connectivity index is 2.16. The summed E-state index contributed by atoms with van der Waals surface area (Å²) in [5.41, 5.74) is 0.553. The lowest BCUT2D eigenvalue weighted by Gasteiger charge is -2.12. The van der Waals surface area contributed by atoms with Crippen molar-refractivity contribution in [3.8, 4) is 11.6 Å². The van der Waals surface area contributed by atoms with Crippen LogP contribution in [0.4, 0.5) is 4.39 Å². The molecule has 0 saturated heterocycles. The van der Waals surface area contributed by atoms with E-state index in [0.717, 1.165) is 0 Å². The fourth-order valence-corrected chi connectivity index (χ4v) is 2.56. The van der Waals surface area contributed by atoms with Crippen LogP contribution in [0.15, 0.2) is 22.9 Å². The van der Waals surface area contributed by atoms with E-state index < -0.39 is 5.82 Å². The zero-order valence-electron chi connectivity index (χ0n) is 10.4. The molecule has 3 aromatic rings. The van der Waals surface area contributed by atoms with Crippen LogP contribution in [0.25, 0.3) is 5.78 Å². The van der Waals surface area contributed by atoms with Crippen molar-refractivity contribution in [2.75, 3.05) is 0 Å². The van der Waals surface area contributed by atoms with Gasteiger partial charge in [0.1, 0.15) is 23.0 Å². The number of aromatic nitrogens is 4. The molecule has 2 heterocycles. The summed E-state index contributed by atoms with van der Waals surface area (Å²) >= 11 is 15.0. The molecule has 0 bridgehead atoms. The predicted octanol–water partition coefficient (Wildman–Crippen LogP) is 4.43. The third-order valence-corrected chi connectivity index (χ3v) is 4.01. The van der Waals surface area contributed by atoms with Crippen LogP contribution in [0.3, 0.4) is 0 Å². The number of ether oxygens (including phenoxy) is 1. The molecule has 0 radical (unpaired) electrons. The molecule has 0 aliphatic rings. The summed E-state index contributed by atoms with van der Waals surface area (Å²) in [5.74, 6) is 0.220. The van der Waals surface area contributed by atoms with Gasteiger partial charge >= 0.3 is 0 Å². The molecule has 0 aliphatic heterocycles. The lowest BCUT2D eigenvalue weighted by molar-refractivity contribution is 0.435. The van der Waals surface area contributed by atoms with Crippen LogP contribution in [0.5, 0.6) is 11.6 Å². The van der Waals surface area contributed by atoms with E-state index in [9.17, 15) is 4.39 Å². The van der Waals surface area contributed by atoms with E-state index in [1.165, 1.54) is 23.0 Å². The highest BCUT2D eigenvalue weighted by Gasteiger charge is 2.16. The number of benzene rings is 1. The first-order valence-corrected chi connectivity index (χ1v) is 7.20. The number of hydrogen-bond acceptors (Lipinski definition) is 4. The largest absolute Gasteiger partial charge is 0.437 e. The molecule has 2 aromatic heterocycles. The van der Waals surface area contributed by atoms with E-state index in [4.69, 9.17) is 27.9 Å². The third-order valence-electron chi connectivity index (χ3n) is 2.73. The third kappa shape index (κ3) is 2.56. The van der Waals surface area contributed by atoms with Crippen molar-refractivity contribution in [2.24, 2.45) is 0 Å². The van der Waals surface area contributed by atoms with E-state index in [-0.39, 0.29) is 21.7 Å². The molecule has 108 valence electrons. The molecule has 0 fully saturated rings. The molecule has 0 unspecified atom stereocenters. The minimum atomic E-state index is -0.595. The average Bonchev–Trinajstić information content (AvgIpc) is 2.88. The van der Waals surface area contributed by atoms with Gasteiger partial charge in [-0.1, -0.05) is 23.2 Å². The predicted molar refractivity (Wildman–Crippen MR) is 79.7 cm³/mol. The molecule has 9 heteroatoms. The van der Waals surface area contributed by atoms with Gasteiger partial charge < -0.3 is 4.74 Å². The van der Waals surface area contributed by atoms with Gasteiger partial charge in [-0.3, -0.25) is 0 Å². The van der Waals surface area contributed by atoms with Crippen molar-refractivity contribution in [3.05, 3.63) is 44.5 Å². The van der Waals surface area contributed by atoms with Gasteiger partial charge in [-0.05, 0) is 28.9 Å². The van der Waals surface area contributed by atoms with Crippen molar-refractivity contribution < 1.29 is 9.13 Å². The van der Waals surface area contributed by atoms with Crippen molar-refractivity contribution >= 4 is 44.9 Å². The highest BCUT2D eigenvalue weighted by atomic mass is 79.9. The average molecular weight is 392 g/mol. The summed E-state index contributed by atoms with van der Waals surface area (Å²) in [6, 6.07) is 2.58. The van der Waals surface area contributed by atoms with Crippen molar-refractivity contribution in [2.45, 2.75) is 6.92 Å². The minimum Gasteiger partial charge on any atom is -0.437 e. The normalized spacial score (nSPS) is 11.1. The summed E-state index contributed by atoms with van der Waals surface area (Å²) in [5, 5.41) is 4.23. The van der Waals surface area contributed by atoms with E-state index in [0.29, 0.717) is 15.9 Å². The van der Waals surface area contributed by atoms with Gasteiger partial charge in [0.15, 0.2) is 0 Å². The van der Waals surface area contributed by atoms with Crippen LogP contribution in [0, 0.1) is 12.7 Å². The first kappa shape index (κ1) is 14.5. The topological polar surface area (TPSA) is 52.3 Å². The Morgan fingerprint density at radius 1 is 1.33 bits per heavy atom. The molecule has 3 rings (SSSR count). The fraction of sp³-hybridized carbons (Fsp3) is 0.0833. The van der Waals surface area contributed by atoms with Crippen LogP contribution < -0.4 is 4.74 Å². The van der Waals surface area contributed by atoms with Crippen LogP contribution in [-0.2, 0) is 0 Å². The number of rotatable bonds is 2. The quantitative estimate of drug-likeness (QED) is 0.478. The van der Waals surface area contributed by atoms with Gasteiger partial charge in [0.25, 0.3) is 5.78 Å². The second-order valence-corrected chi connectivity index (χ2v) is 5.72. The van der Waals surface area contributed by atoms with Crippen LogP contribution in [0.1, 0.15) is 5.56 Å². The van der Waals surface area contributed by atoms with Gasteiger partial charge in [0.2, 0.25) is 5.88 Å². The van der Waals surface area contributed by atoms with E-state index >= 15 is 0 Å². The first-order valence-electron chi connectivity index (χ1n) is 5.65. The SMILES string of the molecule is Cc1c(Cl)nc2ncnn2c1Oc1cc(F)c(Cl)cc1Br. The van der Waals surface area contributed by atoms with Gasteiger partial charge in [-0.2, -0.15) is 19.6 Å². The zero-order chi connectivity index (χ0) is 15.1. The Labute approximate surface area is 136 Å². The minimum absolute atomic E-state index is 0.00962. The van der Waals surface area contributed by atoms with E-state index in [1.54, 1.807) is 6.92 Å². The Morgan fingerprint density at radius 2 is 2.10 bits per heavy atom. The molecular weight excluding hydrogens is 386 g/mol. The monoisotopic (exact) mass is 390 g/mol. The van der Waals surface area contributed by atoms with Gasteiger partial charge in [0.05, 0.1) is 9.50 Å². The number of fused-ring (bicyclic) bond motifs is 1. The zero-order valence-corrected chi connectivity index (χ0v) is 13.5. The van der Waals surface area contributed by atoms with Gasteiger partial charge in [-0.25, -0.2) is 4.39 Å². The molecule has 0 N–H and O–H groups in total. The molecular formula is C12H6BrCl2FN4O. The lowest BCUT2D eigenvalue weighted by Crippen LogP contribution is -2.02. The molecule has 0 spiro atoms. The Hall–Kier alpha value is -1.44. The Bertz CT molecular complexity index is 855. The molecule has 0 aliphatic carbocycles. The highest BCUT2D eigenvalue weighted by molar-refractivity contribution is 9.10. The van der Waals surface area contributed by atoms with Crippen molar-refractivity contribution in [1.82, 2.24) is 19.6 Å². The smallest absolute Gasteiger partial charge is 0.256 e. The summed E-state index contributed by atoms with van der Waals surface area (Å²) < 4.78 is 21.2. The lowest BCUT2D eigenvalue weighted by atomic mass is 10.3.